The molecule has 2 aliphatic carbocycles. The highest BCUT2D eigenvalue weighted by Gasteiger charge is 2.43. The van der Waals surface area contributed by atoms with Crippen molar-refractivity contribution in [3.8, 4) is 0 Å². The maximum absolute atomic E-state index is 12.1. The summed E-state index contributed by atoms with van der Waals surface area (Å²) in [6.45, 7) is 1.95. The molecule has 0 aromatic carbocycles. The minimum atomic E-state index is 0.196. The van der Waals surface area contributed by atoms with Crippen LogP contribution in [-0.4, -0.2) is 10.9 Å². The Morgan fingerprint density at radius 3 is 2.94 bits per heavy atom. The Balaban J connectivity index is 1.65. The number of aryl methyl sites for hydroxylation is 1. The number of aromatic nitrogens is 1. The van der Waals surface area contributed by atoms with Crippen molar-refractivity contribution in [2.24, 2.45) is 17.8 Å². The molecule has 2 saturated carbocycles. The number of carbonyl (C=O) groups excluding carboxylic acids is 1. The number of nitrogens with one attached hydrogen (secondary N) is 1. The molecule has 1 heterocycles. The fourth-order valence-electron chi connectivity index (χ4n) is 3.18. The summed E-state index contributed by atoms with van der Waals surface area (Å²) in [5.41, 5.74) is 0.980. The minimum absolute atomic E-state index is 0.196. The highest BCUT2D eigenvalue weighted by atomic mass is 32.1. The maximum atomic E-state index is 12.1. The van der Waals surface area contributed by atoms with Gasteiger partial charge in [-0.15, -0.1) is 11.3 Å². The zero-order chi connectivity index (χ0) is 11.1. The van der Waals surface area contributed by atoms with Gasteiger partial charge in [0, 0.05) is 11.3 Å². The van der Waals surface area contributed by atoms with Crippen molar-refractivity contribution >= 4 is 22.4 Å². The van der Waals surface area contributed by atoms with Gasteiger partial charge in [0.2, 0.25) is 5.91 Å². The predicted molar refractivity (Wildman–Crippen MR) is 64.4 cm³/mol. The van der Waals surface area contributed by atoms with Crippen LogP contribution in [0.1, 0.15) is 31.4 Å². The van der Waals surface area contributed by atoms with Crippen LogP contribution < -0.4 is 5.32 Å². The molecule has 1 amide bonds. The molecular formula is C12H16N2OS. The largest absolute Gasteiger partial charge is 0.302 e. The number of hydrogen-bond donors (Lipinski definition) is 1. The first-order chi connectivity index (χ1) is 7.72. The summed E-state index contributed by atoms with van der Waals surface area (Å²) in [4.78, 5) is 16.3. The van der Waals surface area contributed by atoms with Crippen LogP contribution in [0.3, 0.4) is 0 Å². The van der Waals surface area contributed by atoms with Gasteiger partial charge in [0.15, 0.2) is 5.13 Å². The summed E-state index contributed by atoms with van der Waals surface area (Å²) >= 11 is 1.51. The summed E-state index contributed by atoms with van der Waals surface area (Å²) < 4.78 is 0. The molecule has 0 unspecified atom stereocenters. The van der Waals surface area contributed by atoms with Crippen LogP contribution >= 0.6 is 11.3 Å². The molecule has 3 rings (SSSR count). The molecule has 4 heteroatoms. The van der Waals surface area contributed by atoms with Crippen LogP contribution in [0, 0.1) is 24.7 Å². The highest BCUT2D eigenvalue weighted by molar-refractivity contribution is 7.13. The summed E-state index contributed by atoms with van der Waals surface area (Å²) in [5, 5.41) is 5.68. The number of hydrogen-bond acceptors (Lipinski definition) is 3. The Morgan fingerprint density at radius 1 is 1.50 bits per heavy atom. The number of rotatable bonds is 2. The second-order valence-electron chi connectivity index (χ2n) is 5.06. The van der Waals surface area contributed by atoms with E-state index in [1.54, 1.807) is 0 Å². The van der Waals surface area contributed by atoms with Gasteiger partial charge < -0.3 is 5.32 Å². The number of anilines is 1. The quantitative estimate of drug-likeness (QED) is 0.858. The lowest BCUT2D eigenvalue weighted by Gasteiger charge is -2.19. The van der Waals surface area contributed by atoms with E-state index in [1.165, 1.54) is 30.6 Å². The summed E-state index contributed by atoms with van der Waals surface area (Å²) in [6, 6.07) is 0. The molecule has 3 nitrogen and oxygen atoms in total. The second kappa shape index (κ2) is 3.84. The van der Waals surface area contributed by atoms with Gasteiger partial charge in [0.05, 0.1) is 5.69 Å². The Bertz CT molecular complexity index is 415. The van der Waals surface area contributed by atoms with E-state index in [9.17, 15) is 4.79 Å². The van der Waals surface area contributed by atoms with Gasteiger partial charge in [-0.2, -0.15) is 0 Å². The van der Waals surface area contributed by atoms with E-state index in [-0.39, 0.29) is 11.8 Å². The van der Waals surface area contributed by atoms with Crippen molar-refractivity contribution in [1.29, 1.82) is 0 Å². The number of amides is 1. The average molecular weight is 236 g/mol. The third-order valence-corrected chi connectivity index (χ3v) is 4.80. The smallest absolute Gasteiger partial charge is 0.229 e. The average Bonchev–Trinajstić information content (AvgIpc) is 2.93. The lowest BCUT2D eigenvalue weighted by Crippen LogP contribution is -2.27. The topological polar surface area (TPSA) is 42.0 Å². The second-order valence-corrected chi connectivity index (χ2v) is 5.92. The van der Waals surface area contributed by atoms with E-state index in [0.717, 1.165) is 23.2 Å². The fraction of sp³-hybridized carbons (Fsp3) is 0.667. The molecular weight excluding hydrogens is 220 g/mol. The van der Waals surface area contributed by atoms with E-state index in [0.29, 0.717) is 5.92 Å². The first-order valence-electron chi connectivity index (χ1n) is 5.95. The number of fused-ring (bicyclic) bond motifs is 2. The van der Waals surface area contributed by atoms with Crippen molar-refractivity contribution in [3.63, 3.8) is 0 Å². The predicted octanol–water partition coefficient (Wildman–Crippen LogP) is 2.83. The highest BCUT2D eigenvalue weighted by Crippen LogP contribution is 2.48. The lowest BCUT2D eigenvalue weighted by molar-refractivity contribution is -0.121. The third kappa shape index (κ3) is 1.75. The van der Waals surface area contributed by atoms with E-state index >= 15 is 0 Å². The molecule has 2 bridgehead atoms. The van der Waals surface area contributed by atoms with Gasteiger partial charge in [-0.1, -0.05) is 6.42 Å². The van der Waals surface area contributed by atoms with Crippen LogP contribution in [0.4, 0.5) is 5.13 Å². The number of nitrogens with zero attached hydrogens (tertiary/aromatic N) is 1. The number of carbonyl (C=O) groups is 1. The van der Waals surface area contributed by atoms with Gasteiger partial charge in [-0.25, -0.2) is 4.98 Å². The molecule has 86 valence electrons. The van der Waals surface area contributed by atoms with Gasteiger partial charge in [-0.3, -0.25) is 4.79 Å². The zero-order valence-corrected chi connectivity index (χ0v) is 10.2. The monoisotopic (exact) mass is 236 g/mol. The molecule has 1 N–H and O–H groups in total. The van der Waals surface area contributed by atoms with Crippen molar-refractivity contribution in [2.45, 2.75) is 32.6 Å². The summed E-state index contributed by atoms with van der Waals surface area (Å²) in [5.74, 6) is 1.91. The molecule has 16 heavy (non-hydrogen) atoms. The molecule has 0 radical (unpaired) electrons. The normalized spacial score (nSPS) is 31.9. The molecule has 1 aromatic rings. The lowest BCUT2D eigenvalue weighted by atomic mass is 9.88. The van der Waals surface area contributed by atoms with Gasteiger partial charge in [-0.05, 0) is 38.0 Å². The molecule has 1 aromatic heterocycles. The fourth-order valence-corrected chi connectivity index (χ4v) is 3.87. The van der Waals surface area contributed by atoms with Crippen LogP contribution in [-0.2, 0) is 4.79 Å². The molecule has 0 spiro atoms. The standard InChI is InChI=1S/C12H16N2OS/c1-7-6-16-12(13-7)14-11(15)10-5-8-2-3-9(10)4-8/h6,8-10H,2-5H2,1H3,(H,13,14,15)/t8-,9-,10-/m0/s1. The first kappa shape index (κ1) is 10.3. The maximum Gasteiger partial charge on any atom is 0.229 e. The first-order valence-corrected chi connectivity index (χ1v) is 6.83. The van der Waals surface area contributed by atoms with E-state index in [2.05, 4.69) is 10.3 Å². The molecule has 2 aliphatic rings. The van der Waals surface area contributed by atoms with E-state index in [4.69, 9.17) is 0 Å². The van der Waals surface area contributed by atoms with Gasteiger partial charge in [0.1, 0.15) is 0 Å². The molecule has 0 saturated heterocycles. The molecule has 3 atom stereocenters. The minimum Gasteiger partial charge on any atom is -0.302 e. The van der Waals surface area contributed by atoms with Crippen molar-refractivity contribution in [2.75, 3.05) is 5.32 Å². The Morgan fingerprint density at radius 2 is 2.38 bits per heavy atom. The van der Waals surface area contributed by atoms with Crippen LogP contribution in [0.15, 0.2) is 5.38 Å². The molecule has 2 fully saturated rings. The van der Waals surface area contributed by atoms with Crippen molar-refractivity contribution < 1.29 is 4.79 Å². The SMILES string of the molecule is Cc1csc(NC(=O)[C@H]2C[C@H]3CC[C@H]2C3)n1. The van der Waals surface area contributed by atoms with Crippen molar-refractivity contribution in [3.05, 3.63) is 11.1 Å². The summed E-state index contributed by atoms with van der Waals surface area (Å²) in [7, 11) is 0. The van der Waals surface area contributed by atoms with Gasteiger partial charge in [0.25, 0.3) is 0 Å². The molecule has 0 aliphatic heterocycles. The summed E-state index contributed by atoms with van der Waals surface area (Å²) in [6.07, 6.45) is 4.96. The zero-order valence-electron chi connectivity index (χ0n) is 9.40. The Kier molecular flexibility index (Phi) is 2.46. The van der Waals surface area contributed by atoms with Crippen LogP contribution in [0.2, 0.25) is 0 Å². The van der Waals surface area contributed by atoms with Crippen molar-refractivity contribution in [1.82, 2.24) is 4.98 Å². The van der Waals surface area contributed by atoms with Gasteiger partial charge >= 0.3 is 0 Å². The van der Waals surface area contributed by atoms with Crippen LogP contribution in [0.25, 0.3) is 0 Å². The Labute approximate surface area is 99.3 Å². The van der Waals surface area contributed by atoms with E-state index < -0.39 is 0 Å². The number of thiazole rings is 1. The third-order valence-electron chi connectivity index (χ3n) is 3.92. The van der Waals surface area contributed by atoms with Crippen LogP contribution in [0.5, 0.6) is 0 Å². The van der Waals surface area contributed by atoms with E-state index in [1.807, 2.05) is 12.3 Å². The Hall–Kier alpha value is -0.900.